The Morgan fingerprint density at radius 3 is 0.958 bits per heavy atom. The fourth-order valence-corrected chi connectivity index (χ4v) is 6.26. The molecule has 0 aliphatic carbocycles. The number of ether oxygens (including phenoxy) is 2. The highest BCUT2D eigenvalue weighted by Gasteiger charge is 2.20. The van der Waals surface area contributed by atoms with E-state index in [2.05, 4.69) is 13.8 Å². The van der Waals surface area contributed by atoms with E-state index in [0.29, 0.717) is 0 Å². The number of benzene rings is 1. The molecule has 1 aromatic rings. The van der Waals surface area contributed by atoms with Crippen molar-refractivity contribution in [1.82, 2.24) is 9.80 Å². The van der Waals surface area contributed by atoms with Crippen molar-refractivity contribution < 1.29 is 19.1 Å². The highest BCUT2D eigenvalue weighted by molar-refractivity contribution is 6.03. The molecule has 0 saturated carbocycles. The molecule has 0 spiro atoms. The van der Waals surface area contributed by atoms with Gasteiger partial charge < -0.3 is 9.47 Å². The van der Waals surface area contributed by atoms with Gasteiger partial charge in [-0.25, -0.2) is 9.59 Å². The molecule has 6 nitrogen and oxygen atoms in total. The van der Waals surface area contributed by atoms with Gasteiger partial charge in [-0.3, -0.25) is 9.80 Å². The van der Waals surface area contributed by atoms with E-state index in [1.165, 1.54) is 154 Å². The number of esters is 2. The Hall–Kier alpha value is -1.92. The summed E-state index contributed by atoms with van der Waals surface area (Å²) in [5, 5.41) is 0. The maximum Gasteiger partial charge on any atom is 0.340 e. The van der Waals surface area contributed by atoms with Gasteiger partial charge in [0.05, 0.1) is 11.1 Å². The first-order chi connectivity index (χ1) is 23.5. The third-order valence-electron chi connectivity index (χ3n) is 9.49. The quantitative estimate of drug-likeness (QED) is 0.0412. The molecular weight excluding hydrogens is 596 g/mol. The summed E-state index contributed by atoms with van der Waals surface area (Å²) in [6, 6.07) is 6.79. The summed E-state index contributed by atoms with van der Waals surface area (Å²) < 4.78 is 11.1. The molecule has 0 fully saturated rings. The Bertz CT molecular complexity index is 821. The fourth-order valence-electron chi connectivity index (χ4n) is 6.26. The van der Waals surface area contributed by atoms with Crippen LogP contribution >= 0.6 is 0 Å². The van der Waals surface area contributed by atoms with Gasteiger partial charge in [0.15, 0.2) is 0 Å². The fraction of sp³-hybridized carbons (Fsp3) is 0.810. The molecule has 0 aliphatic heterocycles. The van der Waals surface area contributed by atoms with Gasteiger partial charge >= 0.3 is 11.9 Å². The first-order valence-corrected chi connectivity index (χ1v) is 20.3. The highest BCUT2D eigenvalue weighted by atomic mass is 16.6. The van der Waals surface area contributed by atoms with E-state index in [1.54, 1.807) is 24.3 Å². The summed E-state index contributed by atoms with van der Waals surface area (Å²) in [6.07, 6.45) is 34.7. The van der Waals surface area contributed by atoms with Crippen molar-refractivity contribution in [3.8, 4) is 0 Å². The topological polar surface area (TPSA) is 59.1 Å². The number of rotatable bonds is 34. The Labute approximate surface area is 297 Å². The lowest BCUT2D eigenvalue weighted by molar-refractivity contribution is 0.0226. The molecule has 48 heavy (non-hydrogen) atoms. The van der Waals surface area contributed by atoms with Gasteiger partial charge in [0.2, 0.25) is 0 Å². The van der Waals surface area contributed by atoms with E-state index >= 15 is 0 Å². The summed E-state index contributed by atoms with van der Waals surface area (Å²) in [5.74, 6) is -0.972. The van der Waals surface area contributed by atoms with Crippen LogP contribution in [0.1, 0.15) is 202 Å². The van der Waals surface area contributed by atoms with Gasteiger partial charge in [-0.1, -0.05) is 180 Å². The highest BCUT2D eigenvalue weighted by Crippen LogP contribution is 2.15. The van der Waals surface area contributed by atoms with E-state index in [9.17, 15) is 9.59 Å². The van der Waals surface area contributed by atoms with Crippen molar-refractivity contribution in [2.75, 3.05) is 40.6 Å². The minimum absolute atomic E-state index is 0.211. The monoisotopic (exact) mass is 673 g/mol. The summed E-state index contributed by atoms with van der Waals surface area (Å²) in [7, 11) is 3.95. The molecule has 0 saturated heterocycles. The molecular formula is C42H76N2O4. The number of carbonyl (C=O) groups is 2. The second-order valence-electron chi connectivity index (χ2n) is 14.3. The van der Waals surface area contributed by atoms with E-state index in [4.69, 9.17) is 9.47 Å². The predicted molar refractivity (Wildman–Crippen MR) is 204 cm³/mol. The summed E-state index contributed by atoms with van der Waals surface area (Å²) in [4.78, 5) is 29.8. The van der Waals surface area contributed by atoms with Gasteiger partial charge in [-0.15, -0.1) is 0 Å². The third-order valence-corrected chi connectivity index (χ3v) is 9.49. The predicted octanol–water partition coefficient (Wildman–Crippen LogP) is 12.0. The summed E-state index contributed by atoms with van der Waals surface area (Å²) >= 11 is 0. The normalized spacial score (nSPS) is 11.5. The van der Waals surface area contributed by atoms with Gasteiger partial charge in [0.25, 0.3) is 0 Å². The third kappa shape index (κ3) is 25.1. The zero-order chi connectivity index (χ0) is 34.9. The van der Waals surface area contributed by atoms with Gasteiger partial charge in [0.1, 0.15) is 13.5 Å². The van der Waals surface area contributed by atoms with Crippen molar-refractivity contribution in [2.45, 2.75) is 181 Å². The van der Waals surface area contributed by atoms with Crippen LogP contribution in [0.5, 0.6) is 0 Å². The van der Waals surface area contributed by atoms with Crippen LogP contribution in [0, 0.1) is 0 Å². The molecule has 1 aromatic carbocycles. The average Bonchev–Trinajstić information content (AvgIpc) is 3.10. The number of unbranched alkanes of at least 4 members (excludes halogenated alkanes) is 24. The van der Waals surface area contributed by atoms with Crippen LogP contribution in [0.4, 0.5) is 0 Å². The number of hydrogen-bond acceptors (Lipinski definition) is 6. The molecule has 0 atom stereocenters. The molecule has 0 unspecified atom stereocenters. The molecule has 0 aliphatic rings. The molecule has 1 rings (SSSR count). The van der Waals surface area contributed by atoms with E-state index < -0.39 is 11.9 Å². The lowest BCUT2D eigenvalue weighted by atomic mass is 10.0. The number of hydrogen-bond donors (Lipinski definition) is 0. The van der Waals surface area contributed by atoms with Crippen LogP contribution in [-0.2, 0) is 9.47 Å². The largest absolute Gasteiger partial charge is 0.446 e. The average molecular weight is 673 g/mol. The van der Waals surface area contributed by atoms with Crippen LogP contribution in [0.15, 0.2) is 24.3 Å². The second kappa shape index (κ2) is 32.3. The molecule has 0 radical (unpaired) electrons. The lowest BCUT2D eigenvalue weighted by Crippen LogP contribution is -2.27. The van der Waals surface area contributed by atoms with Crippen LogP contribution in [-0.4, -0.2) is 62.4 Å². The molecule has 0 aromatic heterocycles. The van der Waals surface area contributed by atoms with Crippen LogP contribution in [0.25, 0.3) is 0 Å². The van der Waals surface area contributed by atoms with Gasteiger partial charge in [0, 0.05) is 13.1 Å². The zero-order valence-electron chi connectivity index (χ0n) is 32.1. The maximum atomic E-state index is 12.9. The van der Waals surface area contributed by atoms with Crippen molar-refractivity contribution in [1.29, 1.82) is 0 Å². The minimum Gasteiger partial charge on any atom is -0.446 e. The molecule has 278 valence electrons. The summed E-state index contributed by atoms with van der Waals surface area (Å²) in [5.41, 5.74) is 0.520. The lowest BCUT2D eigenvalue weighted by Gasteiger charge is -2.18. The van der Waals surface area contributed by atoms with Crippen molar-refractivity contribution >= 4 is 11.9 Å². The molecule has 0 bridgehead atoms. The number of carbonyl (C=O) groups excluding carboxylic acids is 2. The molecule has 0 heterocycles. The van der Waals surface area contributed by atoms with E-state index in [-0.39, 0.29) is 24.6 Å². The SMILES string of the molecule is CCCCCCCCCCCCCCCN(C)COC(=O)c1ccccc1C(=O)OCN(C)CCCCCCCCCCCCCCC. The first kappa shape index (κ1) is 44.1. The van der Waals surface area contributed by atoms with Crippen molar-refractivity contribution in [3.05, 3.63) is 35.4 Å². The van der Waals surface area contributed by atoms with Gasteiger partial charge in [-0.05, 0) is 39.1 Å². The Morgan fingerprint density at radius 2 is 0.688 bits per heavy atom. The maximum absolute atomic E-state index is 12.9. The van der Waals surface area contributed by atoms with Crippen LogP contribution in [0.2, 0.25) is 0 Å². The Balaban J connectivity index is 2.13. The summed E-state index contributed by atoms with van der Waals surface area (Å²) in [6.45, 7) is 6.75. The second-order valence-corrected chi connectivity index (χ2v) is 14.3. The van der Waals surface area contributed by atoms with E-state index in [0.717, 1.165) is 25.9 Å². The zero-order valence-corrected chi connectivity index (χ0v) is 32.1. The Kier molecular flexibility index (Phi) is 29.7. The van der Waals surface area contributed by atoms with Gasteiger partial charge in [-0.2, -0.15) is 0 Å². The first-order valence-electron chi connectivity index (χ1n) is 20.3. The molecule has 0 amide bonds. The Morgan fingerprint density at radius 1 is 0.438 bits per heavy atom. The molecule has 0 N–H and O–H groups in total. The molecule has 6 heteroatoms. The van der Waals surface area contributed by atoms with Crippen molar-refractivity contribution in [3.63, 3.8) is 0 Å². The van der Waals surface area contributed by atoms with Crippen LogP contribution < -0.4 is 0 Å². The van der Waals surface area contributed by atoms with Crippen molar-refractivity contribution in [2.24, 2.45) is 0 Å². The minimum atomic E-state index is -0.486. The standard InChI is InChI=1S/C42H76N2O4/c1-5-7-9-11-13-15-17-19-21-23-25-27-31-35-43(3)37-47-41(45)39-33-29-30-34-40(39)42(46)48-38-44(4)36-32-28-26-24-22-20-18-16-14-12-10-8-6-2/h29-30,33-34H,5-28,31-32,35-38H2,1-4H3. The van der Waals surface area contributed by atoms with Crippen LogP contribution in [0.3, 0.4) is 0 Å². The van der Waals surface area contributed by atoms with E-state index in [1.807, 2.05) is 23.9 Å². The number of nitrogens with zero attached hydrogens (tertiary/aromatic N) is 2. The smallest absolute Gasteiger partial charge is 0.340 e.